The first kappa shape index (κ1) is 8.53. The average molecular weight is 182 g/mol. The average Bonchev–Trinajstić information content (AvgIpc) is 2.15. The second-order valence-corrected chi connectivity index (χ2v) is 3.79. The number of nitrogens with zero attached hydrogens (tertiary/aromatic N) is 2. The molecule has 0 aromatic carbocycles. The van der Waals surface area contributed by atoms with Crippen LogP contribution < -0.4 is 0 Å². The number of fused-ring (bicyclic) bond motifs is 1. The highest BCUT2D eigenvalue weighted by atomic mass is 16.2. The van der Waals surface area contributed by atoms with Crippen molar-refractivity contribution in [2.75, 3.05) is 20.1 Å². The Morgan fingerprint density at radius 2 is 2.08 bits per heavy atom. The van der Waals surface area contributed by atoms with Gasteiger partial charge in [0.05, 0.1) is 6.54 Å². The van der Waals surface area contributed by atoms with Gasteiger partial charge in [-0.25, -0.2) is 0 Å². The number of hydrogen-bond acceptors (Lipinski definition) is 2. The van der Waals surface area contributed by atoms with Crippen LogP contribution in [-0.2, 0) is 9.59 Å². The molecule has 72 valence electrons. The van der Waals surface area contributed by atoms with E-state index in [9.17, 15) is 9.59 Å². The number of amides is 2. The number of piperidine rings is 1. The fraction of sp³-hybridized carbons (Fsp3) is 0.778. The molecule has 2 rings (SSSR count). The Balaban J connectivity index is 2.19. The van der Waals surface area contributed by atoms with E-state index in [-0.39, 0.29) is 24.4 Å². The molecule has 0 bridgehead atoms. The molecule has 2 aliphatic rings. The summed E-state index contributed by atoms with van der Waals surface area (Å²) in [4.78, 5) is 26.4. The Kier molecular flexibility index (Phi) is 1.98. The molecule has 1 unspecified atom stereocenters. The first-order valence-electron chi connectivity index (χ1n) is 4.74. The van der Waals surface area contributed by atoms with Crippen molar-refractivity contribution >= 4 is 11.8 Å². The van der Waals surface area contributed by atoms with Gasteiger partial charge in [-0.15, -0.1) is 0 Å². The highest BCUT2D eigenvalue weighted by Crippen LogP contribution is 2.21. The summed E-state index contributed by atoms with van der Waals surface area (Å²) in [6, 6.07) is -0.153. The van der Waals surface area contributed by atoms with E-state index in [0.717, 1.165) is 25.8 Å². The van der Waals surface area contributed by atoms with Crippen LogP contribution in [0.5, 0.6) is 0 Å². The summed E-state index contributed by atoms with van der Waals surface area (Å²) in [5, 5.41) is 0. The molecule has 0 spiro atoms. The highest BCUT2D eigenvalue weighted by Gasteiger charge is 2.38. The van der Waals surface area contributed by atoms with E-state index in [1.165, 1.54) is 4.90 Å². The molecular weight excluding hydrogens is 168 g/mol. The molecule has 2 fully saturated rings. The maximum Gasteiger partial charge on any atom is 0.245 e. The summed E-state index contributed by atoms with van der Waals surface area (Å²) in [5.74, 6) is 0.214. The minimum Gasteiger partial charge on any atom is -0.335 e. The van der Waals surface area contributed by atoms with Crippen LogP contribution >= 0.6 is 0 Å². The molecule has 0 aromatic rings. The van der Waals surface area contributed by atoms with Crippen molar-refractivity contribution in [3.8, 4) is 0 Å². The smallest absolute Gasteiger partial charge is 0.245 e. The molecule has 2 amide bonds. The quantitative estimate of drug-likeness (QED) is 0.522. The van der Waals surface area contributed by atoms with Crippen LogP contribution in [0.25, 0.3) is 0 Å². The van der Waals surface area contributed by atoms with Gasteiger partial charge in [0.2, 0.25) is 11.8 Å². The standard InChI is InChI=1S/C9H14N2O2/c1-10-6-8(12)11-5-3-2-4-7(11)9(10)13/h7H,2-6H2,1H3. The molecule has 0 aromatic heterocycles. The minimum atomic E-state index is -0.153. The Labute approximate surface area is 77.5 Å². The summed E-state index contributed by atoms with van der Waals surface area (Å²) < 4.78 is 0. The lowest BCUT2D eigenvalue weighted by Gasteiger charge is -2.41. The lowest BCUT2D eigenvalue weighted by Crippen LogP contribution is -2.60. The van der Waals surface area contributed by atoms with E-state index in [4.69, 9.17) is 0 Å². The van der Waals surface area contributed by atoms with E-state index in [1.54, 1.807) is 11.9 Å². The lowest BCUT2D eigenvalue weighted by atomic mass is 9.99. The topological polar surface area (TPSA) is 40.6 Å². The number of likely N-dealkylation sites (N-methyl/N-ethyl adjacent to an activating group) is 1. The van der Waals surface area contributed by atoms with Gasteiger partial charge in [0.25, 0.3) is 0 Å². The Hall–Kier alpha value is -1.06. The second-order valence-electron chi connectivity index (χ2n) is 3.79. The molecule has 1 atom stereocenters. The zero-order valence-electron chi connectivity index (χ0n) is 7.82. The number of carbonyl (C=O) groups excluding carboxylic acids is 2. The molecule has 0 N–H and O–H groups in total. The van der Waals surface area contributed by atoms with Crippen molar-refractivity contribution in [3.05, 3.63) is 0 Å². The van der Waals surface area contributed by atoms with Crippen LogP contribution in [0, 0.1) is 0 Å². The molecule has 0 radical (unpaired) electrons. The van der Waals surface area contributed by atoms with Crippen LogP contribution in [0.15, 0.2) is 0 Å². The van der Waals surface area contributed by atoms with Crippen molar-refractivity contribution in [1.29, 1.82) is 0 Å². The van der Waals surface area contributed by atoms with E-state index in [2.05, 4.69) is 0 Å². The molecule has 2 saturated heterocycles. The van der Waals surface area contributed by atoms with Crippen molar-refractivity contribution < 1.29 is 9.59 Å². The molecule has 0 saturated carbocycles. The van der Waals surface area contributed by atoms with Crippen molar-refractivity contribution in [2.45, 2.75) is 25.3 Å². The van der Waals surface area contributed by atoms with Gasteiger partial charge in [0, 0.05) is 13.6 Å². The molecule has 4 heteroatoms. The SMILES string of the molecule is CN1CC(=O)N2CCCCC2C1=O. The largest absolute Gasteiger partial charge is 0.335 e. The van der Waals surface area contributed by atoms with E-state index in [1.807, 2.05) is 0 Å². The number of hydrogen-bond donors (Lipinski definition) is 0. The van der Waals surface area contributed by atoms with Crippen LogP contribution in [0.4, 0.5) is 0 Å². The van der Waals surface area contributed by atoms with Crippen molar-refractivity contribution in [2.24, 2.45) is 0 Å². The maximum absolute atomic E-state index is 11.6. The molecular formula is C9H14N2O2. The van der Waals surface area contributed by atoms with E-state index >= 15 is 0 Å². The van der Waals surface area contributed by atoms with E-state index in [0.29, 0.717) is 0 Å². The normalized spacial score (nSPS) is 29.2. The molecule has 13 heavy (non-hydrogen) atoms. The maximum atomic E-state index is 11.6. The van der Waals surface area contributed by atoms with Crippen LogP contribution in [0.2, 0.25) is 0 Å². The third-order valence-corrected chi connectivity index (χ3v) is 2.86. The Bertz CT molecular complexity index is 252. The first-order chi connectivity index (χ1) is 6.20. The summed E-state index contributed by atoms with van der Waals surface area (Å²) in [7, 11) is 1.70. The van der Waals surface area contributed by atoms with Crippen molar-refractivity contribution in [1.82, 2.24) is 9.80 Å². The van der Waals surface area contributed by atoms with Gasteiger partial charge in [-0.2, -0.15) is 0 Å². The highest BCUT2D eigenvalue weighted by molar-refractivity contribution is 5.94. The monoisotopic (exact) mass is 182 g/mol. The predicted octanol–water partition coefficient (Wildman–Crippen LogP) is -0.161. The fourth-order valence-corrected chi connectivity index (χ4v) is 2.11. The first-order valence-corrected chi connectivity index (χ1v) is 4.74. The molecule has 4 nitrogen and oxygen atoms in total. The van der Waals surface area contributed by atoms with Crippen LogP contribution in [0.3, 0.4) is 0 Å². The zero-order chi connectivity index (χ0) is 9.42. The van der Waals surface area contributed by atoms with Gasteiger partial charge in [-0.1, -0.05) is 0 Å². The predicted molar refractivity (Wildman–Crippen MR) is 47.0 cm³/mol. The Morgan fingerprint density at radius 1 is 1.31 bits per heavy atom. The van der Waals surface area contributed by atoms with Gasteiger partial charge in [-0.3, -0.25) is 9.59 Å². The Morgan fingerprint density at radius 3 is 2.85 bits per heavy atom. The number of carbonyl (C=O) groups is 2. The van der Waals surface area contributed by atoms with Gasteiger partial charge in [0.1, 0.15) is 6.04 Å². The second kappa shape index (κ2) is 3.01. The lowest BCUT2D eigenvalue weighted by molar-refractivity contribution is -0.156. The zero-order valence-corrected chi connectivity index (χ0v) is 7.82. The van der Waals surface area contributed by atoms with Gasteiger partial charge < -0.3 is 9.80 Å². The van der Waals surface area contributed by atoms with Crippen LogP contribution in [-0.4, -0.2) is 47.8 Å². The van der Waals surface area contributed by atoms with Crippen molar-refractivity contribution in [3.63, 3.8) is 0 Å². The van der Waals surface area contributed by atoms with Crippen LogP contribution in [0.1, 0.15) is 19.3 Å². The summed E-state index contributed by atoms with van der Waals surface area (Å²) in [6.45, 7) is 1.03. The molecule has 2 aliphatic heterocycles. The third-order valence-electron chi connectivity index (χ3n) is 2.86. The summed E-state index contributed by atoms with van der Waals surface area (Å²) in [6.07, 6.45) is 2.95. The minimum absolute atomic E-state index is 0.104. The summed E-state index contributed by atoms with van der Waals surface area (Å²) in [5.41, 5.74) is 0. The van der Waals surface area contributed by atoms with Gasteiger partial charge in [-0.05, 0) is 19.3 Å². The van der Waals surface area contributed by atoms with Gasteiger partial charge in [0.15, 0.2) is 0 Å². The third kappa shape index (κ3) is 1.30. The number of piperazine rings is 1. The fourth-order valence-electron chi connectivity index (χ4n) is 2.11. The van der Waals surface area contributed by atoms with E-state index < -0.39 is 0 Å². The molecule has 2 heterocycles. The van der Waals surface area contributed by atoms with Gasteiger partial charge >= 0.3 is 0 Å². The summed E-state index contributed by atoms with van der Waals surface area (Å²) >= 11 is 0. The molecule has 0 aliphatic carbocycles. The number of rotatable bonds is 0.